The molecule has 2 aromatic heterocycles. The Labute approximate surface area is 125 Å². The molecule has 0 unspecified atom stereocenters. The summed E-state index contributed by atoms with van der Waals surface area (Å²) < 4.78 is 11.0. The molecule has 0 atom stereocenters. The molecule has 0 aliphatic carbocycles. The summed E-state index contributed by atoms with van der Waals surface area (Å²) in [6, 6.07) is 5.50. The number of nitrogens with zero attached hydrogens (tertiary/aromatic N) is 2. The summed E-state index contributed by atoms with van der Waals surface area (Å²) in [7, 11) is 0. The summed E-state index contributed by atoms with van der Waals surface area (Å²) in [5, 5.41) is 10.6. The normalized spacial score (nSPS) is 11.0. The molecular formula is C15H14N2O3S. The fourth-order valence-electron chi connectivity index (χ4n) is 2.06. The molecular weight excluding hydrogens is 288 g/mol. The molecule has 0 aliphatic rings. The molecule has 0 radical (unpaired) electrons. The number of ether oxygens (including phenoxy) is 1. The first kappa shape index (κ1) is 13.8. The highest BCUT2D eigenvalue weighted by Crippen LogP contribution is 2.24. The van der Waals surface area contributed by atoms with Gasteiger partial charge in [-0.2, -0.15) is 0 Å². The maximum atomic E-state index is 11.7. The predicted octanol–water partition coefficient (Wildman–Crippen LogP) is 3.15. The van der Waals surface area contributed by atoms with Crippen molar-refractivity contribution in [1.82, 2.24) is 10.2 Å². The number of fused-ring (bicyclic) bond motifs is 1. The molecule has 1 aromatic carbocycles. The molecule has 0 amide bonds. The average molecular weight is 302 g/mol. The molecule has 108 valence electrons. The first-order chi connectivity index (χ1) is 10.0. The van der Waals surface area contributed by atoms with Crippen molar-refractivity contribution in [2.45, 2.75) is 27.4 Å². The van der Waals surface area contributed by atoms with Gasteiger partial charge in [-0.1, -0.05) is 11.3 Å². The van der Waals surface area contributed by atoms with Crippen LogP contribution >= 0.6 is 11.3 Å². The van der Waals surface area contributed by atoms with E-state index in [0.717, 1.165) is 21.0 Å². The van der Waals surface area contributed by atoms with E-state index in [0.29, 0.717) is 23.5 Å². The largest absolute Gasteiger partial charge is 0.486 e. The van der Waals surface area contributed by atoms with E-state index in [2.05, 4.69) is 10.2 Å². The van der Waals surface area contributed by atoms with Crippen LogP contribution in [0, 0.1) is 20.8 Å². The smallest absolute Gasteiger partial charge is 0.339 e. The molecule has 0 aliphatic heterocycles. The van der Waals surface area contributed by atoms with Crippen molar-refractivity contribution in [1.29, 1.82) is 0 Å². The van der Waals surface area contributed by atoms with Gasteiger partial charge >= 0.3 is 5.63 Å². The molecule has 0 saturated heterocycles. The van der Waals surface area contributed by atoms with Gasteiger partial charge < -0.3 is 9.15 Å². The van der Waals surface area contributed by atoms with Gasteiger partial charge in [-0.3, -0.25) is 0 Å². The molecule has 3 aromatic rings. The van der Waals surface area contributed by atoms with Crippen molar-refractivity contribution in [3.05, 3.63) is 49.8 Å². The monoisotopic (exact) mass is 302 g/mol. The van der Waals surface area contributed by atoms with Gasteiger partial charge in [-0.05, 0) is 38.5 Å². The zero-order chi connectivity index (χ0) is 15.0. The van der Waals surface area contributed by atoms with Crippen molar-refractivity contribution in [2.24, 2.45) is 0 Å². The van der Waals surface area contributed by atoms with E-state index < -0.39 is 0 Å². The van der Waals surface area contributed by atoms with Gasteiger partial charge in [0.05, 0.1) is 0 Å². The molecule has 0 bridgehead atoms. The predicted molar refractivity (Wildman–Crippen MR) is 80.9 cm³/mol. The van der Waals surface area contributed by atoms with E-state index in [1.54, 1.807) is 13.0 Å². The van der Waals surface area contributed by atoms with E-state index in [1.807, 2.05) is 26.0 Å². The summed E-state index contributed by atoms with van der Waals surface area (Å²) in [5.74, 6) is 0.641. The number of rotatable bonds is 3. The van der Waals surface area contributed by atoms with Crippen LogP contribution in [0.1, 0.15) is 21.1 Å². The van der Waals surface area contributed by atoms with Gasteiger partial charge in [0.15, 0.2) is 5.01 Å². The topological polar surface area (TPSA) is 65.2 Å². The Morgan fingerprint density at radius 1 is 1.19 bits per heavy atom. The lowest BCUT2D eigenvalue weighted by Crippen LogP contribution is -2.05. The molecule has 5 nitrogen and oxygen atoms in total. The number of hydrogen-bond donors (Lipinski definition) is 0. The molecule has 0 N–H and O–H groups in total. The molecule has 0 fully saturated rings. The number of benzene rings is 1. The minimum Gasteiger partial charge on any atom is -0.486 e. The lowest BCUT2D eigenvalue weighted by Gasteiger charge is -2.07. The van der Waals surface area contributed by atoms with Crippen LogP contribution in [0.15, 0.2) is 27.4 Å². The summed E-state index contributed by atoms with van der Waals surface area (Å²) >= 11 is 1.50. The highest BCUT2D eigenvalue weighted by Gasteiger charge is 2.09. The van der Waals surface area contributed by atoms with E-state index in [-0.39, 0.29) is 5.63 Å². The standard InChI is InChI=1S/C15H14N2O3S/c1-8-9(2)15(18)20-13-6-11(4-5-12(8)13)19-7-14-17-16-10(3)21-14/h4-6H,7H2,1-3H3. The number of aryl methyl sites for hydroxylation is 2. The SMILES string of the molecule is Cc1nnc(COc2ccc3c(C)c(C)c(=O)oc3c2)s1. The Morgan fingerprint density at radius 3 is 2.71 bits per heavy atom. The number of aromatic nitrogens is 2. The third kappa shape index (κ3) is 2.67. The van der Waals surface area contributed by atoms with E-state index in [4.69, 9.17) is 9.15 Å². The zero-order valence-electron chi connectivity index (χ0n) is 12.0. The average Bonchev–Trinajstić information content (AvgIpc) is 2.88. The third-order valence-corrected chi connectivity index (χ3v) is 4.17. The van der Waals surface area contributed by atoms with Crippen molar-refractivity contribution in [3.8, 4) is 5.75 Å². The van der Waals surface area contributed by atoms with E-state index in [1.165, 1.54) is 11.3 Å². The van der Waals surface area contributed by atoms with Crippen LogP contribution in [0.4, 0.5) is 0 Å². The third-order valence-electron chi connectivity index (χ3n) is 3.36. The van der Waals surface area contributed by atoms with Gasteiger partial charge in [0.1, 0.15) is 22.9 Å². The fraction of sp³-hybridized carbons (Fsp3) is 0.267. The summed E-state index contributed by atoms with van der Waals surface area (Å²) in [4.78, 5) is 11.7. The van der Waals surface area contributed by atoms with Gasteiger partial charge in [-0.25, -0.2) is 4.79 Å². The van der Waals surface area contributed by atoms with Gasteiger partial charge in [-0.15, -0.1) is 10.2 Å². The number of hydrogen-bond acceptors (Lipinski definition) is 6. The highest BCUT2D eigenvalue weighted by atomic mass is 32.1. The van der Waals surface area contributed by atoms with Crippen LogP contribution in [0.25, 0.3) is 11.0 Å². The Kier molecular flexibility index (Phi) is 3.47. The van der Waals surface area contributed by atoms with Crippen LogP contribution in [0.3, 0.4) is 0 Å². The van der Waals surface area contributed by atoms with Crippen molar-refractivity contribution < 1.29 is 9.15 Å². The zero-order valence-corrected chi connectivity index (χ0v) is 12.8. The second kappa shape index (κ2) is 5.29. The van der Waals surface area contributed by atoms with Gasteiger partial charge in [0.2, 0.25) is 0 Å². The minimum absolute atomic E-state index is 0.308. The second-order valence-corrected chi connectivity index (χ2v) is 6.07. The van der Waals surface area contributed by atoms with E-state index >= 15 is 0 Å². The van der Waals surface area contributed by atoms with Gasteiger partial charge in [0, 0.05) is 17.0 Å². The van der Waals surface area contributed by atoms with Gasteiger partial charge in [0.25, 0.3) is 0 Å². The quantitative estimate of drug-likeness (QED) is 0.695. The lowest BCUT2D eigenvalue weighted by atomic mass is 10.1. The molecule has 2 heterocycles. The van der Waals surface area contributed by atoms with Crippen LogP contribution in [0.2, 0.25) is 0 Å². The summed E-state index contributed by atoms with van der Waals surface area (Å²) in [5.41, 5.74) is 1.80. The molecule has 6 heteroatoms. The fourth-order valence-corrected chi connectivity index (χ4v) is 2.68. The highest BCUT2D eigenvalue weighted by molar-refractivity contribution is 7.11. The summed E-state index contributed by atoms with van der Waals surface area (Å²) in [6.07, 6.45) is 0. The Balaban J connectivity index is 1.90. The minimum atomic E-state index is -0.308. The van der Waals surface area contributed by atoms with Crippen molar-refractivity contribution in [3.63, 3.8) is 0 Å². The molecule has 3 rings (SSSR count). The maximum absolute atomic E-state index is 11.7. The van der Waals surface area contributed by atoms with Crippen LogP contribution in [0.5, 0.6) is 5.75 Å². The first-order valence-corrected chi connectivity index (χ1v) is 7.32. The molecule has 0 spiro atoms. The summed E-state index contributed by atoms with van der Waals surface area (Å²) in [6.45, 7) is 5.94. The lowest BCUT2D eigenvalue weighted by molar-refractivity contribution is 0.304. The van der Waals surface area contributed by atoms with E-state index in [9.17, 15) is 4.79 Å². The Morgan fingerprint density at radius 2 is 2.00 bits per heavy atom. The first-order valence-electron chi connectivity index (χ1n) is 6.50. The van der Waals surface area contributed by atoms with Crippen LogP contribution in [-0.4, -0.2) is 10.2 Å². The Bertz CT molecular complexity index is 867. The van der Waals surface area contributed by atoms with Crippen LogP contribution in [-0.2, 0) is 6.61 Å². The molecule has 0 saturated carbocycles. The molecule has 21 heavy (non-hydrogen) atoms. The van der Waals surface area contributed by atoms with Crippen molar-refractivity contribution in [2.75, 3.05) is 0 Å². The van der Waals surface area contributed by atoms with Crippen LogP contribution < -0.4 is 10.4 Å². The Hall–Kier alpha value is -2.21. The maximum Gasteiger partial charge on any atom is 0.339 e. The second-order valence-electron chi connectivity index (χ2n) is 4.80. The van der Waals surface area contributed by atoms with Crippen molar-refractivity contribution >= 4 is 22.3 Å².